The third kappa shape index (κ3) is 3.30. The van der Waals surface area contributed by atoms with Crippen molar-refractivity contribution >= 4 is 11.6 Å². The van der Waals surface area contributed by atoms with E-state index in [4.69, 9.17) is 4.74 Å². The number of anilines is 1. The van der Waals surface area contributed by atoms with Crippen molar-refractivity contribution in [3.63, 3.8) is 0 Å². The standard InChI is InChI=1S/C21H25NO2/c1-4-5-10-24-20-9-7-6-8-16(20)17-13-21(23)22-19-12-15(3)14(2)11-18(17)19/h6-9,11-12,17H,4-5,10,13H2,1-3H3,(H,22,23). The van der Waals surface area contributed by atoms with E-state index in [1.54, 1.807) is 0 Å². The highest BCUT2D eigenvalue weighted by molar-refractivity contribution is 5.95. The number of benzene rings is 2. The maximum absolute atomic E-state index is 12.2. The predicted octanol–water partition coefficient (Wildman–Crippen LogP) is 4.96. The van der Waals surface area contributed by atoms with Crippen LogP contribution >= 0.6 is 0 Å². The fourth-order valence-electron chi connectivity index (χ4n) is 3.24. The number of rotatable bonds is 5. The zero-order valence-corrected chi connectivity index (χ0v) is 14.7. The molecular formula is C21H25NO2. The molecule has 0 fully saturated rings. The van der Waals surface area contributed by atoms with Crippen molar-refractivity contribution in [3.8, 4) is 5.75 Å². The SMILES string of the molecule is CCCCOc1ccccc1C1CC(=O)Nc2cc(C)c(C)cc21. The van der Waals surface area contributed by atoms with E-state index in [2.05, 4.69) is 44.3 Å². The summed E-state index contributed by atoms with van der Waals surface area (Å²) in [5.74, 6) is 1.01. The highest BCUT2D eigenvalue weighted by Crippen LogP contribution is 2.41. The van der Waals surface area contributed by atoms with Crippen LogP contribution in [0.15, 0.2) is 36.4 Å². The molecule has 1 heterocycles. The lowest BCUT2D eigenvalue weighted by Crippen LogP contribution is -2.24. The molecule has 0 saturated carbocycles. The number of carbonyl (C=O) groups is 1. The van der Waals surface area contributed by atoms with E-state index in [-0.39, 0.29) is 11.8 Å². The molecule has 1 atom stereocenters. The zero-order valence-electron chi connectivity index (χ0n) is 14.7. The first-order chi connectivity index (χ1) is 11.6. The van der Waals surface area contributed by atoms with E-state index in [1.807, 2.05) is 18.2 Å². The van der Waals surface area contributed by atoms with E-state index < -0.39 is 0 Å². The van der Waals surface area contributed by atoms with Crippen molar-refractivity contribution in [2.45, 2.75) is 46.0 Å². The van der Waals surface area contributed by atoms with Gasteiger partial charge in [-0.1, -0.05) is 37.6 Å². The quantitative estimate of drug-likeness (QED) is 0.790. The number of amides is 1. The Kier molecular flexibility index (Phi) is 4.89. The Labute approximate surface area is 144 Å². The Morgan fingerprint density at radius 1 is 1.12 bits per heavy atom. The fourth-order valence-corrected chi connectivity index (χ4v) is 3.24. The maximum Gasteiger partial charge on any atom is 0.225 e. The second kappa shape index (κ2) is 7.08. The second-order valence-electron chi connectivity index (χ2n) is 6.57. The number of para-hydroxylation sites is 1. The summed E-state index contributed by atoms with van der Waals surface area (Å²) in [6.45, 7) is 7.06. The Bertz CT molecular complexity index is 751. The van der Waals surface area contributed by atoms with Crippen LogP contribution in [0.25, 0.3) is 0 Å². The number of carbonyl (C=O) groups excluding carboxylic acids is 1. The molecule has 3 rings (SSSR count). The summed E-state index contributed by atoms with van der Waals surface area (Å²) < 4.78 is 6.00. The van der Waals surface area contributed by atoms with Crippen LogP contribution in [0, 0.1) is 13.8 Å². The molecule has 3 heteroatoms. The molecule has 1 amide bonds. The monoisotopic (exact) mass is 323 g/mol. The Morgan fingerprint density at radius 3 is 2.67 bits per heavy atom. The highest BCUT2D eigenvalue weighted by atomic mass is 16.5. The summed E-state index contributed by atoms with van der Waals surface area (Å²) in [4.78, 5) is 12.2. The topological polar surface area (TPSA) is 38.3 Å². The van der Waals surface area contributed by atoms with Gasteiger partial charge >= 0.3 is 0 Å². The first kappa shape index (κ1) is 16.6. The van der Waals surface area contributed by atoms with E-state index in [0.29, 0.717) is 13.0 Å². The molecule has 2 aromatic carbocycles. The Balaban J connectivity index is 2.01. The number of hydrogen-bond acceptors (Lipinski definition) is 2. The van der Waals surface area contributed by atoms with E-state index >= 15 is 0 Å². The normalized spacial score (nSPS) is 16.5. The van der Waals surface area contributed by atoms with Crippen molar-refractivity contribution in [1.29, 1.82) is 0 Å². The Morgan fingerprint density at radius 2 is 1.88 bits per heavy atom. The van der Waals surface area contributed by atoms with Gasteiger partial charge in [0.1, 0.15) is 5.75 Å². The number of unbranched alkanes of at least 4 members (excludes halogenated alkanes) is 1. The van der Waals surface area contributed by atoms with Crippen molar-refractivity contribution < 1.29 is 9.53 Å². The van der Waals surface area contributed by atoms with E-state index in [1.165, 1.54) is 16.7 Å². The van der Waals surface area contributed by atoms with Crippen molar-refractivity contribution in [2.24, 2.45) is 0 Å². The first-order valence-electron chi connectivity index (χ1n) is 8.73. The lowest BCUT2D eigenvalue weighted by atomic mass is 9.83. The van der Waals surface area contributed by atoms with Crippen LogP contribution in [0.1, 0.15) is 54.4 Å². The minimum atomic E-state index is 0.0471. The molecule has 0 spiro atoms. The summed E-state index contributed by atoms with van der Waals surface area (Å²) in [5, 5.41) is 3.02. The van der Waals surface area contributed by atoms with E-state index in [0.717, 1.165) is 29.8 Å². The molecule has 1 aliphatic heterocycles. The third-order valence-corrected chi connectivity index (χ3v) is 4.75. The van der Waals surface area contributed by atoms with Crippen LogP contribution in [0.4, 0.5) is 5.69 Å². The molecule has 1 unspecified atom stereocenters. The minimum absolute atomic E-state index is 0.0471. The van der Waals surface area contributed by atoms with Crippen LogP contribution in [-0.2, 0) is 4.79 Å². The molecule has 0 radical (unpaired) electrons. The summed E-state index contributed by atoms with van der Waals surface area (Å²) in [6.07, 6.45) is 2.60. The lowest BCUT2D eigenvalue weighted by molar-refractivity contribution is -0.116. The zero-order chi connectivity index (χ0) is 17.1. The molecule has 2 aromatic rings. The van der Waals surface area contributed by atoms with Crippen LogP contribution in [0.2, 0.25) is 0 Å². The third-order valence-electron chi connectivity index (χ3n) is 4.75. The maximum atomic E-state index is 12.2. The molecular weight excluding hydrogens is 298 g/mol. The molecule has 0 aromatic heterocycles. The van der Waals surface area contributed by atoms with Crippen molar-refractivity contribution in [3.05, 3.63) is 58.7 Å². The largest absolute Gasteiger partial charge is 0.493 e. The number of aryl methyl sites for hydroxylation is 2. The first-order valence-corrected chi connectivity index (χ1v) is 8.73. The number of hydrogen-bond donors (Lipinski definition) is 1. The number of nitrogens with one attached hydrogen (secondary N) is 1. The second-order valence-corrected chi connectivity index (χ2v) is 6.57. The fraction of sp³-hybridized carbons (Fsp3) is 0.381. The number of fused-ring (bicyclic) bond motifs is 1. The smallest absolute Gasteiger partial charge is 0.225 e. The molecule has 3 nitrogen and oxygen atoms in total. The Hall–Kier alpha value is -2.29. The van der Waals surface area contributed by atoms with Gasteiger partial charge in [-0.3, -0.25) is 4.79 Å². The van der Waals surface area contributed by atoms with Crippen LogP contribution in [0.3, 0.4) is 0 Å². The van der Waals surface area contributed by atoms with Gasteiger partial charge in [-0.15, -0.1) is 0 Å². The molecule has 1 N–H and O–H groups in total. The van der Waals surface area contributed by atoms with Gasteiger partial charge in [0.05, 0.1) is 6.61 Å². The molecule has 0 bridgehead atoms. The van der Waals surface area contributed by atoms with E-state index in [9.17, 15) is 4.79 Å². The molecule has 24 heavy (non-hydrogen) atoms. The minimum Gasteiger partial charge on any atom is -0.493 e. The number of ether oxygens (including phenoxy) is 1. The molecule has 0 saturated heterocycles. The highest BCUT2D eigenvalue weighted by Gasteiger charge is 2.29. The van der Waals surface area contributed by atoms with Gasteiger partial charge in [-0.25, -0.2) is 0 Å². The van der Waals surface area contributed by atoms with Gasteiger partial charge in [0.2, 0.25) is 5.91 Å². The van der Waals surface area contributed by atoms with Crippen LogP contribution < -0.4 is 10.1 Å². The summed E-state index contributed by atoms with van der Waals surface area (Å²) in [6, 6.07) is 12.4. The van der Waals surface area contributed by atoms with Gasteiger partial charge < -0.3 is 10.1 Å². The van der Waals surface area contributed by atoms with Crippen molar-refractivity contribution in [1.82, 2.24) is 0 Å². The lowest BCUT2D eigenvalue weighted by Gasteiger charge is -2.28. The molecule has 126 valence electrons. The average Bonchev–Trinajstić information content (AvgIpc) is 2.56. The van der Waals surface area contributed by atoms with Crippen LogP contribution in [0.5, 0.6) is 5.75 Å². The molecule has 0 aliphatic carbocycles. The van der Waals surface area contributed by atoms with Gasteiger partial charge in [-0.2, -0.15) is 0 Å². The van der Waals surface area contributed by atoms with Crippen LogP contribution in [-0.4, -0.2) is 12.5 Å². The van der Waals surface area contributed by atoms with Gasteiger partial charge in [-0.05, 0) is 49.1 Å². The predicted molar refractivity (Wildman–Crippen MR) is 97.9 cm³/mol. The summed E-state index contributed by atoms with van der Waals surface area (Å²) in [7, 11) is 0. The van der Waals surface area contributed by atoms with Crippen molar-refractivity contribution in [2.75, 3.05) is 11.9 Å². The van der Waals surface area contributed by atoms with Gasteiger partial charge in [0.25, 0.3) is 0 Å². The summed E-state index contributed by atoms with van der Waals surface area (Å²) in [5.41, 5.74) is 5.67. The summed E-state index contributed by atoms with van der Waals surface area (Å²) >= 11 is 0. The van der Waals surface area contributed by atoms with Gasteiger partial charge in [0, 0.05) is 23.6 Å². The molecule has 1 aliphatic rings. The van der Waals surface area contributed by atoms with Gasteiger partial charge in [0.15, 0.2) is 0 Å². The average molecular weight is 323 g/mol.